The fraction of sp³-hybridized carbons (Fsp3) is 0.700. The van der Waals surface area contributed by atoms with E-state index >= 15 is 0 Å². The van der Waals surface area contributed by atoms with E-state index in [2.05, 4.69) is 38.3 Å². The Morgan fingerprint density at radius 2 is 1.89 bits per heavy atom. The number of likely N-dealkylation sites (tertiary alicyclic amines) is 1. The van der Waals surface area contributed by atoms with Gasteiger partial charge in [0, 0.05) is 19.3 Å². The topological polar surface area (TPSA) is 76.4 Å². The third kappa shape index (κ3) is 4.36. The molecule has 3 heterocycles. The fourth-order valence-corrected chi connectivity index (χ4v) is 5.96. The lowest BCUT2D eigenvalue weighted by atomic mass is 9.81. The van der Waals surface area contributed by atoms with E-state index in [1.807, 2.05) is 6.92 Å². The summed E-state index contributed by atoms with van der Waals surface area (Å²) in [6, 6.07) is 0. The summed E-state index contributed by atoms with van der Waals surface area (Å²) in [7, 11) is 0. The highest BCUT2D eigenvalue weighted by Gasteiger charge is 2.45. The fourth-order valence-electron chi connectivity index (χ4n) is 4.66. The van der Waals surface area contributed by atoms with Gasteiger partial charge in [-0.05, 0) is 40.2 Å². The first-order valence-electron chi connectivity index (χ1n) is 9.97. The number of anilines is 1. The maximum Gasteiger partial charge on any atom is 0.341 e. The Bertz CT molecular complexity index is 733. The Balaban J connectivity index is 1.94. The lowest BCUT2D eigenvalue weighted by Gasteiger charge is -2.38. The normalized spacial score (nSPS) is 20.9. The van der Waals surface area contributed by atoms with Gasteiger partial charge in [-0.1, -0.05) is 0 Å². The molecule has 0 unspecified atom stereocenters. The molecule has 6 nitrogen and oxygen atoms in total. The lowest BCUT2D eigenvalue weighted by molar-refractivity contribution is -0.878. The number of hydrogen-bond donors (Lipinski definition) is 3. The minimum absolute atomic E-state index is 0.0141. The minimum Gasteiger partial charge on any atom is -0.462 e. The number of nitrogens with one attached hydrogen (secondary N) is 2. The van der Waals surface area contributed by atoms with Crippen molar-refractivity contribution in [2.24, 2.45) is 0 Å². The zero-order chi connectivity index (χ0) is 19.8. The van der Waals surface area contributed by atoms with Crippen molar-refractivity contribution in [3.8, 4) is 0 Å². The van der Waals surface area contributed by atoms with Gasteiger partial charge >= 0.3 is 5.97 Å². The number of amides is 1. The minimum atomic E-state index is -0.327. The number of rotatable bonds is 5. The van der Waals surface area contributed by atoms with Gasteiger partial charge in [0.25, 0.3) is 5.91 Å². The Labute approximate surface area is 165 Å². The van der Waals surface area contributed by atoms with E-state index in [1.54, 1.807) is 0 Å². The van der Waals surface area contributed by atoms with E-state index in [4.69, 9.17) is 4.74 Å². The van der Waals surface area contributed by atoms with Crippen LogP contribution >= 0.6 is 11.3 Å². The van der Waals surface area contributed by atoms with Crippen LogP contribution in [0.1, 0.15) is 68.3 Å². The van der Waals surface area contributed by atoms with Gasteiger partial charge < -0.3 is 20.3 Å². The van der Waals surface area contributed by atoms with Gasteiger partial charge in [-0.2, -0.15) is 0 Å². The average Bonchev–Trinajstić information content (AvgIpc) is 3.13. The Morgan fingerprint density at radius 1 is 1.22 bits per heavy atom. The van der Waals surface area contributed by atoms with Crippen molar-refractivity contribution in [1.29, 1.82) is 0 Å². The Hall–Kier alpha value is -1.44. The molecule has 0 radical (unpaired) electrons. The molecule has 0 atom stereocenters. The van der Waals surface area contributed by atoms with E-state index in [0.29, 0.717) is 23.7 Å². The Morgan fingerprint density at radius 3 is 2.52 bits per heavy atom. The van der Waals surface area contributed by atoms with Crippen molar-refractivity contribution in [3.63, 3.8) is 0 Å². The zero-order valence-corrected chi connectivity index (χ0v) is 18.0. The first-order chi connectivity index (χ1) is 12.6. The third-order valence-corrected chi connectivity index (χ3v) is 6.92. The maximum absolute atomic E-state index is 12.8. The summed E-state index contributed by atoms with van der Waals surface area (Å²) >= 11 is 1.54. The van der Waals surface area contributed by atoms with Crippen molar-refractivity contribution in [2.45, 2.75) is 65.0 Å². The molecule has 4 N–H and O–H groups in total. The summed E-state index contributed by atoms with van der Waals surface area (Å²) in [5.41, 5.74) is 1.45. The van der Waals surface area contributed by atoms with E-state index in [0.717, 1.165) is 30.0 Å². The molecule has 1 fully saturated rings. The van der Waals surface area contributed by atoms with E-state index in [-0.39, 0.29) is 23.0 Å². The molecular formula is C20H33N3O3S+2. The predicted octanol–water partition coefficient (Wildman–Crippen LogP) is 0.675. The Kier molecular flexibility index (Phi) is 5.66. The van der Waals surface area contributed by atoms with Crippen molar-refractivity contribution >= 4 is 28.2 Å². The molecule has 27 heavy (non-hydrogen) atoms. The number of quaternary nitrogens is 2. The second-order valence-electron chi connectivity index (χ2n) is 9.05. The van der Waals surface area contributed by atoms with E-state index in [9.17, 15) is 9.59 Å². The highest BCUT2D eigenvalue weighted by Crippen LogP contribution is 2.42. The van der Waals surface area contributed by atoms with Crippen LogP contribution in [0.25, 0.3) is 0 Å². The van der Waals surface area contributed by atoms with Crippen LogP contribution in [0.2, 0.25) is 0 Å². The molecule has 0 aliphatic carbocycles. The second-order valence-corrected chi connectivity index (χ2v) is 10.1. The zero-order valence-electron chi connectivity index (χ0n) is 17.2. The summed E-state index contributed by atoms with van der Waals surface area (Å²) in [5.74, 6) is -0.343. The lowest BCUT2D eigenvalue weighted by Crippen LogP contribution is -3.11. The van der Waals surface area contributed by atoms with Crippen molar-refractivity contribution in [2.75, 3.05) is 31.6 Å². The largest absolute Gasteiger partial charge is 0.462 e. The number of fused-ring (bicyclic) bond motifs is 1. The molecule has 7 heteroatoms. The number of nitrogens with two attached hydrogens (primary N) is 1. The smallest absolute Gasteiger partial charge is 0.341 e. The predicted molar refractivity (Wildman–Crippen MR) is 106 cm³/mol. The molecule has 3 rings (SSSR count). The quantitative estimate of drug-likeness (QED) is 0.642. The standard InChI is InChI=1S/C20H31N3O3S/c1-6-26-18(25)15-13-11-19(2,3)22-20(4,5)16(13)27-17(15)21-14(24)12-23-9-7-8-10-23/h22H,6-12H2,1-5H3,(H,21,24)/p+2. The van der Waals surface area contributed by atoms with Gasteiger partial charge in [0.15, 0.2) is 6.54 Å². The van der Waals surface area contributed by atoms with Gasteiger partial charge in [0.2, 0.25) is 0 Å². The number of hydrogen-bond acceptors (Lipinski definition) is 4. The first kappa shape index (κ1) is 20.3. The molecule has 150 valence electrons. The molecule has 1 amide bonds. The molecular weight excluding hydrogens is 362 g/mol. The molecule has 0 saturated carbocycles. The van der Waals surface area contributed by atoms with Gasteiger partial charge in [-0.3, -0.25) is 4.79 Å². The van der Waals surface area contributed by atoms with Crippen LogP contribution in [0.5, 0.6) is 0 Å². The molecule has 1 aromatic heterocycles. The molecule has 0 aromatic carbocycles. The van der Waals surface area contributed by atoms with Gasteiger partial charge in [-0.25, -0.2) is 4.79 Å². The summed E-state index contributed by atoms with van der Waals surface area (Å²) < 4.78 is 5.35. The molecule has 1 aromatic rings. The van der Waals surface area contributed by atoms with Gasteiger partial charge in [0.05, 0.1) is 35.7 Å². The summed E-state index contributed by atoms with van der Waals surface area (Å²) in [6.45, 7) is 13.5. The van der Waals surface area contributed by atoms with Crippen LogP contribution in [0.3, 0.4) is 0 Å². The summed E-state index contributed by atoms with van der Waals surface area (Å²) in [4.78, 5) is 27.9. The van der Waals surface area contributed by atoms with E-state index in [1.165, 1.54) is 29.1 Å². The van der Waals surface area contributed by atoms with Crippen molar-refractivity contribution in [1.82, 2.24) is 0 Å². The molecule has 0 spiro atoms. The summed E-state index contributed by atoms with van der Waals surface area (Å²) in [5, 5.41) is 6.05. The van der Waals surface area contributed by atoms with Crippen LogP contribution in [-0.4, -0.2) is 43.7 Å². The molecule has 1 saturated heterocycles. The van der Waals surface area contributed by atoms with Crippen molar-refractivity contribution in [3.05, 3.63) is 16.0 Å². The highest BCUT2D eigenvalue weighted by molar-refractivity contribution is 7.17. The summed E-state index contributed by atoms with van der Waals surface area (Å²) in [6.07, 6.45) is 3.15. The van der Waals surface area contributed by atoms with Crippen molar-refractivity contribution < 1.29 is 24.5 Å². The van der Waals surface area contributed by atoms with Crippen LogP contribution in [0, 0.1) is 0 Å². The van der Waals surface area contributed by atoms with Crippen LogP contribution in [0.4, 0.5) is 5.00 Å². The van der Waals surface area contributed by atoms with Gasteiger partial charge in [0.1, 0.15) is 10.5 Å². The third-order valence-electron chi connectivity index (χ3n) is 5.43. The van der Waals surface area contributed by atoms with Crippen LogP contribution in [0.15, 0.2) is 0 Å². The number of carbonyl (C=O) groups is 2. The SMILES string of the molecule is CCOC(=O)c1c(NC(=O)C[NH+]2CCCC2)sc2c1CC(C)(C)[NH2+]C2(C)C. The average molecular weight is 396 g/mol. The highest BCUT2D eigenvalue weighted by atomic mass is 32.1. The number of ether oxygens (including phenoxy) is 1. The van der Waals surface area contributed by atoms with Gasteiger partial charge in [-0.15, -0.1) is 11.3 Å². The van der Waals surface area contributed by atoms with Crippen LogP contribution < -0.4 is 15.5 Å². The molecule has 0 bridgehead atoms. The number of thiophene rings is 1. The van der Waals surface area contributed by atoms with E-state index < -0.39 is 0 Å². The number of carbonyl (C=O) groups excluding carboxylic acids is 2. The second kappa shape index (κ2) is 7.53. The molecule has 2 aliphatic heterocycles. The molecule has 2 aliphatic rings. The number of esters is 1. The maximum atomic E-state index is 12.8. The first-order valence-corrected chi connectivity index (χ1v) is 10.8. The monoisotopic (exact) mass is 395 g/mol. The van der Waals surface area contributed by atoms with Crippen LogP contribution in [-0.2, 0) is 21.5 Å².